The summed E-state index contributed by atoms with van der Waals surface area (Å²) in [5, 5.41) is 14.9. The number of carboxylic acid groups (broad SMARTS) is 1. The van der Waals surface area contributed by atoms with E-state index in [0.717, 1.165) is 11.0 Å². The molecule has 2 atom stereocenters. The molecule has 0 saturated carbocycles. The van der Waals surface area contributed by atoms with Crippen LogP contribution in [0.25, 0.3) is 11.0 Å². The Hall–Kier alpha value is -2.48. The van der Waals surface area contributed by atoms with Crippen molar-refractivity contribution in [2.75, 3.05) is 26.3 Å². The van der Waals surface area contributed by atoms with Gasteiger partial charge in [-0.2, -0.15) is 5.10 Å². The summed E-state index contributed by atoms with van der Waals surface area (Å²) in [6.45, 7) is 5.47. The largest absolute Gasteiger partial charge is 0.481 e. The second-order valence-electron chi connectivity index (χ2n) is 7.49. The molecule has 0 unspecified atom stereocenters. The number of carboxylic acids is 1. The van der Waals surface area contributed by atoms with Gasteiger partial charge in [-0.05, 0) is 26.3 Å². The summed E-state index contributed by atoms with van der Waals surface area (Å²) in [5.41, 5.74) is 0.302. The Balaban J connectivity index is 1.62. The van der Waals surface area contributed by atoms with Crippen LogP contribution in [-0.4, -0.2) is 63.0 Å². The Bertz CT molecular complexity index is 877. The van der Waals surface area contributed by atoms with Gasteiger partial charge in [0, 0.05) is 43.2 Å². The molecule has 2 saturated heterocycles. The molecule has 2 fully saturated rings. The van der Waals surface area contributed by atoms with Crippen molar-refractivity contribution in [1.82, 2.24) is 19.7 Å². The van der Waals surface area contributed by atoms with Gasteiger partial charge in [-0.25, -0.2) is 9.67 Å². The Morgan fingerprint density at radius 2 is 2.19 bits per heavy atom. The van der Waals surface area contributed by atoms with Gasteiger partial charge in [-0.15, -0.1) is 0 Å². The fourth-order valence-corrected chi connectivity index (χ4v) is 4.07. The molecular weight excluding hydrogens is 336 g/mol. The van der Waals surface area contributed by atoms with Crippen molar-refractivity contribution in [3.8, 4) is 0 Å². The van der Waals surface area contributed by atoms with Crippen LogP contribution < -0.4 is 0 Å². The lowest BCUT2D eigenvalue weighted by atomic mass is 9.74. The average molecular weight is 358 g/mol. The fourth-order valence-electron chi connectivity index (χ4n) is 4.07. The predicted octanol–water partition coefficient (Wildman–Crippen LogP) is 1.58. The smallest absolute Gasteiger partial charge is 0.311 e. The molecule has 2 aliphatic rings. The molecule has 4 heterocycles. The molecule has 1 N–H and O–H groups in total. The van der Waals surface area contributed by atoms with Gasteiger partial charge in [0.05, 0.1) is 23.8 Å². The number of fused-ring (bicyclic) bond motifs is 2. The zero-order valence-corrected chi connectivity index (χ0v) is 14.9. The average Bonchev–Trinajstić information content (AvgIpc) is 3.22. The van der Waals surface area contributed by atoms with Gasteiger partial charge in [0.15, 0.2) is 5.65 Å². The van der Waals surface area contributed by atoms with E-state index in [0.29, 0.717) is 31.7 Å². The summed E-state index contributed by atoms with van der Waals surface area (Å²) in [7, 11) is 0. The van der Waals surface area contributed by atoms with Crippen LogP contribution in [0.15, 0.2) is 18.5 Å². The Morgan fingerprint density at radius 3 is 2.88 bits per heavy atom. The number of nitrogens with zero attached hydrogens (tertiary/aromatic N) is 4. The van der Waals surface area contributed by atoms with Gasteiger partial charge in [0.25, 0.3) is 5.91 Å². The molecule has 8 heteroatoms. The fraction of sp³-hybridized carbons (Fsp3) is 0.556. The normalized spacial score (nSPS) is 25.7. The van der Waals surface area contributed by atoms with Gasteiger partial charge >= 0.3 is 5.97 Å². The van der Waals surface area contributed by atoms with Gasteiger partial charge in [0.2, 0.25) is 0 Å². The van der Waals surface area contributed by atoms with Crippen LogP contribution in [0, 0.1) is 11.3 Å². The van der Waals surface area contributed by atoms with E-state index < -0.39 is 11.4 Å². The number of rotatable bonds is 3. The topological polar surface area (TPSA) is 97.6 Å². The number of carbonyl (C=O) groups excluding carboxylic acids is 1. The summed E-state index contributed by atoms with van der Waals surface area (Å²) in [4.78, 5) is 30.9. The number of aliphatic carboxylic acids is 1. The number of ether oxygens (including phenoxy) is 1. The molecule has 0 bridgehead atoms. The van der Waals surface area contributed by atoms with Crippen LogP contribution in [0.2, 0.25) is 0 Å². The Labute approximate surface area is 150 Å². The van der Waals surface area contributed by atoms with Crippen molar-refractivity contribution in [1.29, 1.82) is 0 Å². The van der Waals surface area contributed by atoms with Gasteiger partial charge < -0.3 is 14.7 Å². The molecular formula is C18H22N4O4. The highest BCUT2D eigenvalue weighted by Crippen LogP contribution is 2.42. The molecule has 26 heavy (non-hydrogen) atoms. The van der Waals surface area contributed by atoms with Crippen molar-refractivity contribution in [2.24, 2.45) is 11.3 Å². The highest BCUT2D eigenvalue weighted by molar-refractivity contribution is 5.97. The first-order valence-electron chi connectivity index (χ1n) is 8.86. The molecule has 0 aromatic carbocycles. The van der Waals surface area contributed by atoms with Crippen LogP contribution in [0.4, 0.5) is 0 Å². The molecule has 2 aromatic heterocycles. The molecule has 1 amide bonds. The summed E-state index contributed by atoms with van der Waals surface area (Å²) in [6, 6.07) is 1.96. The Morgan fingerprint density at radius 1 is 1.38 bits per heavy atom. The van der Waals surface area contributed by atoms with Crippen molar-refractivity contribution < 1.29 is 19.4 Å². The minimum Gasteiger partial charge on any atom is -0.481 e. The first kappa shape index (κ1) is 17.0. The van der Waals surface area contributed by atoms with Crippen LogP contribution in [-0.2, 0) is 9.53 Å². The van der Waals surface area contributed by atoms with Crippen LogP contribution >= 0.6 is 0 Å². The Kier molecular flexibility index (Phi) is 3.95. The van der Waals surface area contributed by atoms with Gasteiger partial charge in [0.1, 0.15) is 0 Å². The van der Waals surface area contributed by atoms with Gasteiger partial charge in [-0.1, -0.05) is 0 Å². The van der Waals surface area contributed by atoms with Crippen molar-refractivity contribution in [2.45, 2.75) is 26.3 Å². The minimum absolute atomic E-state index is 0.168. The summed E-state index contributed by atoms with van der Waals surface area (Å²) in [5.74, 6) is -1.20. The quantitative estimate of drug-likeness (QED) is 0.894. The number of hydrogen-bond acceptors (Lipinski definition) is 5. The van der Waals surface area contributed by atoms with Crippen molar-refractivity contribution in [3.63, 3.8) is 0 Å². The zero-order valence-electron chi connectivity index (χ0n) is 14.9. The maximum absolute atomic E-state index is 13.0. The lowest BCUT2D eigenvalue weighted by Gasteiger charge is -2.33. The van der Waals surface area contributed by atoms with Crippen molar-refractivity contribution >= 4 is 22.9 Å². The van der Waals surface area contributed by atoms with E-state index >= 15 is 0 Å². The van der Waals surface area contributed by atoms with Crippen LogP contribution in [0.5, 0.6) is 0 Å². The van der Waals surface area contributed by atoms with E-state index in [9.17, 15) is 14.7 Å². The number of pyridine rings is 1. The molecule has 138 valence electrons. The van der Waals surface area contributed by atoms with E-state index in [1.807, 2.05) is 18.5 Å². The lowest BCUT2D eigenvalue weighted by Crippen LogP contribution is -2.45. The SMILES string of the molecule is CC(C)n1ncc2cc(C(=O)N3C[C@H]4COCC[C@@]4(C(=O)O)C3)cnc21. The summed E-state index contributed by atoms with van der Waals surface area (Å²) >= 11 is 0. The number of aromatic nitrogens is 3. The standard InChI is InChI=1S/C18H22N4O4/c1-11(2)22-15-12(7-20-22)5-13(6-19-15)16(23)21-8-14-9-26-4-3-18(14,10-21)17(24)25/h5-7,11,14H,3-4,8-10H2,1-2H3,(H,24,25)/t14-,18+/m0/s1. The molecule has 0 aliphatic carbocycles. The number of hydrogen-bond donors (Lipinski definition) is 1. The van der Waals surface area contributed by atoms with Crippen molar-refractivity contribution in [3.05, 3.63) is 24.0 Å². The van der Waals surface area contributed by atoms with E-state index in [4.69, 9.17) is 4.74 Å². The second kappa shape index (κ2) is 6.05. The highest BCUT2D eigenvalue weighted by Gasteiger charge is 2.55. The van der Waals surface area contributed by atoms with Gasteiger partial charge in [-0.3, -0.25) is 9.59 Å². The maximum Gasteiger partial charge on any atom is 0.311 e. The zero-order chi connectivity index (χ0) is 18.5. The number of amides is 1. The first-order valence-corrected chi connectivity index (χ1v) is 8.86. The lowest BCUT2D eigenvalue weighted by molar-refractivity contribution is -0.157. The van der Waals surface area contributed by atoms with Crippen LogP contribution in [0.1, 0.15) is 36.7 Å². The third-order valence-electron chi connectivity index (χ3n) is 5.59. The monoisotopic (exact) mass is 358 g/mol. The first-order chi connectivity index (χ1) is 12.4. The maximum atomic E-state index is 13.0. The minimum atomic E-state index is -0.895. The molecule has 2 aromatic rings. The highest BCUT2D eigenvalue weighted by atomic mass is 16.5. The van der Waals surface area contributed by atoms with Crippen LogP contribution in [0.3, 0.4) is 0 Å². The second-order valence-corrected chi connectivity index (χ2v) is 7.49. The third kappa shape index (κ3) is 2.47. The van der Waals surface area contributed by atoms with E-state index in [-0.39, 0.29) is 24.4 Å². The number of likely N-dealkylation sites (tertiary alicyclic amines) is 1. The molecule has 8 nitrogen and oxygen atoms in total. The number of carbonyl (C=O) groups is 2. The molecule has 2 aliphatic heterocycles. The predicted molar refractivity (Wildman–Crippen MR) is 92.8 cm³/mol. The summed E-state index contributed by atoms with van der Waals surface area (Å²) < 4.78 is 7.26. The summed E-state index contributed by atoms with van der Waals surface area (Å²) in [6.07, 6.45) is 3.70. The third-order valence-corrected chi connectivity index (χ3v) is 5.59. The molecule has 0 spiro atoms. The van der Waals surface area contributed by atoms with E-state index in [2.05, 4.69) is 10.1 Å². The molecule has 0 radical (unpaired) electrons. The van der Waals surface area contributed by atoms with E-state index in [1.165, 1.54) is 0 Å². The van der Waals surface area contributed by atoms with E-state index in [1.54, 1.807) is 23.4 Å². The molecule has 4 rings (SSSR count).